The van der Waals surface area contributed by atoms with Crippen LogP contribution in [0.25, 0.3) is 28.3 Å². The monoisotopic (exact) mass is 586 g/mol. The lowest BCUT2D eigenvalue weighted by atomic mass is 10.0. The lowest BCUT2D eigenvalue weighted by molar-refractivity contribution is 0.0582. The molecule has 4 aromatic heterocycles. The third-order valence-electron chi connectivity index (χ3n) is 7.23. The van der Waals surface area contributed by atoms with Gasteiger partial charge in [-0.05, 0) is 67.0 Å². The summed E-state index contributed by atoms with van der Waals surface area (Å²) in [5.41, 5.74) is -0.196. The van der Waals surface area contributed by atoms with Gasteiger partial charge in [0, 0.05) is 34.7 Å². The maximum atomic E-state index is 16.3. The Labute approximate surface area is 240 Å². The maximum absolute atomic E-state index is 16.3. The van der Waals surface area contributed by atoms with E-state index in [1.54, 1.807) is 13.0 Å². The summed E-state index contributed by atoms with van der Waals surface area (Å²) in [6.07, 6.45) is 5.66. The van der Waals surface area contributed by atoms with Crippen molar-refractivity contribution in [3.8, 4) is 28.3 Å². The minimum absolute atomic E-state index is 0.102. The molecule has 0 bridgehead atoms. The molecule has 13 heteroatoms. The summed E-state index contributed by atoms with van der Waals surface area (Å²) in [4.78, 5) is 21.4. The minimum Gasteiger partial charge on any atom is -0.277 e. The molecule has 1 aliphatic carbocycles. The molecule has 1 saturated carbocycles. The van der Waals surface area contributed by atoms with Crippen molar-refractivity contribution < 1.29 is 21.7 Å². The van der Waals surface area contributed by atoms with Crippen molar-refractivity contribution >= 4 is 11.6 Å². The van der Waals surface area contributed by atoms with Gasteiger partial charge in [-0.2, -0.15) is 23.7 Å². The summed E-state index contributed by atoms with van der Waals surface area (Å²) in [5, 5.41) is 7.21. The molecule has 5 aromatic rings. The van der Waals surface area contributed by atoms with Gasteiger partial charge in [0.1, 0.15) is 22.9 Å². The van der Waals surface area contributed by atoms with Gasteiger partial charge in [-0.15, -0.1) is 0 Å². The number of benzene rings is 1. The molecule has 1 fully saturated rings. The first-order valence-electron chi connectivity index (χ1n) is 13.9. The Kier molecular flexibility index (Phi) is 5.68. The Bertz CT molecular complexity index is 1990. The zero-order valence-electron chi connectivity index (χ0n) is 24.5. The van der Waals surface area contributed by atoms with E-state index >= 15 is 8.78 Å². The first-order chi connectivity index (χ1) is 20.8. The Morgan fingerprint density at radius 1 is 1.07 bits per heavy atom. The van der Waals surface area contributed by atoms with Gasteiger partial charge in [-0.3, -0.25) is 19.0 Å². The van der Waals surface area contributed by atoms with E-state index in [4.69, 9.17) is 15.7 Å². The molecular formula is C28H22ClF4N7O. The molecule has 0 saturated heterocycles. The molecule has 0 N–H and O–H groups in total. The third-order valence-corrected chi connectivity index (χ3v) is 7.61. The second-order valence-electron chi connectivity index (χ2n) is 9.79. The van der Waals surface area contributed by atoms with Crippen LogP contribution in [-0.4, -0.2) is 34.1 Å². The topological polar surface area (TPSA) is 83.4 Å². The van der Waals surface area contributed by atoms with Crippen molar-refractivity contribution in [3.05, 3.63) is 98.6 Å². The lowest BCUT2D eigenvalue weighted by Crippen LogP contribution is -2.24. The van der Waals surface area contributed by atoms with Gasteiger partial charge in [0.15, 0.2) is 11.6 Å². The molecule has 2 atom stereocenters. The molecule has 6 rings (SSSR count). The minimum atomic E-state index is -3.09. The molecule has 41 heavy (non-hydrogen) atoms. The molecule has 0 amide bonds. The molecule has 0 unspecified atom stereocenters. The number of alkyl halides is 2. The number of hydrogen-bond acceptors (Lipinski definition) is 5. The van der Waals surface area contributed by atoms with Crippen LogP contribution in [0.4, 0.5) is 17.6 Å². The number of aromatic nitrogens is 7. The van der Waals surface area contributed by atoms with Crippen molar-refractivity contribution in [2.45, 2.75) is 38.7 Å². The number of pyridine rings is 2. The summed E-state index contributed by atoms with van der Waals surface area (Å²) < 4.78 is 83.6. The standard InChI is InChI=1S/C28H22ClF4N7O/c1-13-9-34-24(16-5-4-6-17(22(16)30)26-35-12-37-40(26)28(32)33)23(31)25(13)39-14(2)7-20(21(29)27(39)41)19-8-18(19)15-10-36-38(3)11-15/h4-7,9-12,18-19,28H,8H2,1-3H3/t18-,19+/m1/s1/i3D3. The Morgan fingerprint density at radius 3 is 2.59 bits per heavy atom. The molecule has 0 spiro atoms. The van der Waals surface area contributed by atoms with Crippen LogP contribution < -0.4 is 5.56 Å². The fraction of sp³-hybridized carbons (Fsp3) is 0.250. The van der Waals surface area contributed by atoms with Crippen molar-refractivity contribution in [1.82, 2.24) is 34.1 Å². The second-order valence-corrected chi connectivity index (χ2v) is 10.2. The van der Waals surface area contributed by atoms with Crippen LogP contribution in [0.5, 0.6) is 0 Å². The van der Waals surface area contributed by atoms with Crippen LogP contribution in [-0.2, 0) is 6.98 Å². The van der Waals surface area contributed by atoms with Crippen molar-refractivity contribution in [1.29, 1.82) is 0 Å². The van der Waals surface area contributed by atoms with Gasteiger partial charge in [0.25, 0.3) is 5.56 Å². The van der Waals surface area contributed by atoms with Crippen molar-refractivity contribution in [2.24, 2.45) is 6.98 Å². The fourth-order valence-electron chi connectivity index (χ4n) is 5.22. The van der Waals surface area contributed by atoms with Gasteiger partial charge in [-0.1, -0.05) is 17.7 Å². The van der Waals surface area contributed by atoms with E-state index in [-0.39, 0.29) is 43.9 Å². The third kappa shape index (κ3) is 4.42. The Hall–Kier alpha value is -4.32. The highest BCUT2D eigenvalue weighted by Gasteiger charge is 2.42. The van der Waals surface area contributed by atoms with Crippen LogP contribution in [0.1, 0.15) is 51.3 Å². The van der Waals surface area contributed by atoms with E-state index in [0.717, 1.165) is 15.6 Å². The van der Waals surface area contributed by atoms with Gasteiger partial charge in [-0.25, -0.2) is 13.8 Å². The molecule has 210 valence electrons. The van der Waals surface area contributed by atoms with Gasteiger partial charge in [0.2, 0.25) is 0 Å². The van der Waals surface area contributed by atoms with Gasteiger partial charge in [0.05, 0.1) is 17.4 Å². The number of aryl methyl sites for hydroxylation is 3. The summed E-state index contributed by atoms with van der Waals surface area (Å²) in [6.45, 7) is -2.38. The lowest BCUT2D eigenvalue weighted by Gasteiger charge is -2.18. The number of nitrogens with zero attached hydrogens (tertiary/aromatic N) is 7. The van der Waals surface area contributed by atoms with Crippen LogP contribution >= 0.6 is 11.6 Å². The summed E-state index contributed by atoms with van der Waals surface area (Å²) in [7, 11) is 0. The number of halogens is 5. The number of rotatable bonds is 6. The predicted molar refractivity (Wildman–Crippen MR) is 143 cm³/mol. The highest BCUT2D eigenvalue weighted by molar-refractivity contribution is 6.31. The largest absolute Gasteiger partial charge is 0.335 e. The zero-order chi connectivity index (χ0) is 31.7. The van der Waals surface area contributed by atoms with E-state index in [1.165, 1.54) is 43.7 Å². The summed E-state index contributed by atoms with van der Waals surface area (Å²) in [6, 6.07) is 5.46. The quantitative estimate of drug-likeness (QED) is 0.224. The SMILES string of the molecule is [2H]C([2H])([2H])n1cc([C@H]2C[C@@H]2c2cc(C)n(-c3c(C)cnc(-c4cccc(-c5ncnn5C(F)F)c4F)c3F)c(=O)c2Cl)cn1. The molecule has 8 nitrogen and oxygen atoms in total. The van der Waals surface area contributed by atoms with Crippen LogP contribution in [0.2, 0.25) is 5.02 Å². The molecular weight excluding hydrogens is 562 g/mol. The fourth-order valence-corrected chi connectivity index (χ4v) is 5.50. The van der Waals surface area contributed by atoms with E-state index < -0.39 is 42.2 Å². The smallest absolute Gasteiger partial charge is 0.277 e. The molecule has 1 aromatic carbocycles. The molecule has 1 aliphatic rings. The molecule has 4 heterocycles. The van der Waals surface area contributed by atoms with Crippen LogP contribution in [0.3, 0.4) is 0 Å². The molecule has 0 aliphatic heterocycles. The van der Waals surface area contributed by atoms with E-state index in [9.17, 15) is 13.6 Å². The average molecular weight is 587 g/mol. The van der Waals surface area contributed by atoms with Gasteiger partial charge < -0.3 is 0 Å². The maximum Gasteiger partial charge on any atom is 0.335 e. The first-order valence-corrected chi connectivity index (χ1v) is 12.8. The average Bonchev–Trinajstić information content (AvgIpc) is 3.34. The van der Waals surface area contributed by atoms with Crippen LogP contribution in [0, 0.1) is 25.5 Å². The molecule has 0 radical (unpaired) electrons. The highest BCUT2D eigenvalue weighted by atomic mass is 35.5. The summed E-state index contributed by atoms with van der Waals surface area (Å²) >= 11 is 6.57. The predicted octanol–water partition coefficient (Wildman–Crippen LogP) is 6.11. The van der Waals surface area contributed by atoms with Crippen molar-refractivity contribution in [3.63, 3.8) is 0 Å². The van der Waals surface area contributed by atoms with E-state index in [1.807, 2.05) is 0 Å². The van der Waals surface area contributed by atoms with Crippen LogP contribution in [0.15, 0.2) is 54.0 Å². The van der Waals surface area contributed by atoms with E-state index in [2.05, 4.69) is 20.2 Å². The Balaban J connectivity index is 1.40. The number of hydrogen-bond donors (Lipinski definition) is 0. The Morgan fingerprint density at radius 2 is 1.85 bits per heavy atom. The zero-order valence-corrected chi connectivity index (χ0v) is 22.2. The van der Waals surface area contributed by atoms with Crippen molar-refractivity contribution in [2.75, 3.05) is 0 Å². The second kappa shape index (κ2) is 9.95. The van der Waals surface area contributed by atoms with E-state index in [0.29, 0.717) is 23.2 Å². The highest BCUT2D eigenvalue weighted by Crippen LogP contribution is 2.55. The first kappa shape index (κ1) is 23.4. The normalized spacial score (nSPS) is 17.9. The summed E-state index contributed by atoms with van der Waals surface area (Å²) in [5.74, 6) is -2.81. The van der Waals surface area contributed by atoms with Gasteiger partial charge >= 0.3 is 6.55 Å².